The van der Waals surface area contributed by atoms with Gasteiger partial charge >= 0.3 is 0 Å². The second-order valence-electron chi connectivity index (χ2n) is 7.27. The molecule has 2 amide bonds. The molecule has 0 aliphatic heterocycles. The highest BCUT2D eigenvalue weighted by Crippen LogP contribution is 2.25. The molecule has 1 atom stereocenters. The number of aryl methyl sites for hydroxylation is 1. The van der Waals surface area contributed by atoms with Crippen molar-refractivity contribution in [3.63, 3.8) is 0 Å². The number of thiazole rings is 1. The molecule has 2 aromatic carbocycles. The molecule has 0 saturated heterocycles. The number of aromatic nitrogens is 1. The van der Waals surface area contributed by atoms with Crippen LogP contribution in [0, 0.1) is 12.8 Å². The molecular formula is C23H25N3O2S. The lowest BCUT2D eigenvalue weighted by molar-refractivity contribution is -0.127. The molecule has 150 valence electrons. The van der Waals surface area contributed by atoms with Gasteiger partial charge < -0.3 is 10.6 Å². The van der Waals surface area contributed by atoms with Gasteiger partial charge in [-0.1, -0.05) is 74.5 Å². The smallest absolute Gasteiger partial charge is 0.248 e. The Balaban J connectivity index is 1.83. The third-order valence-corrected chi connectivity index (χ3v) is 5.50. The number of carbonyl (C=O) groups excluding carboxylic acids is 2. The standard InChI is InChI=1S/C23H25N3O2S/c1-15(2)20(22(28)26-23-24-16(3)14-29-23)25-21(27)19(17-10-6-4-7-11-17)18-12-8-5-9-13-18/h4-15,19-20H,1-3H3,(H,25,27)(H,24,26,28)/t20-/m0/s1. The summed E-state index contributed by atoms with van der Waals surface area (Å²) in [7, 11) is 0. The Morgan fingerprint density at radius 2 is 1.45 bits per heavy atom. The molecule has 0 bridgehead atoms. The number of nitrogens with zero attached hydrogens (tertiary/aromatic N) is 1. The summed E-state index contributed by atoms with van der Waals surface area (Å²) in [4.78, 5) is 30.4. The fourth-order valence-electron chi connectivity index (χ4n) is 3.15. The largest absolute Gasteiger partial charge is 0.343 e. The highest BCUT2D eigenvalue weighted by molar-refractivity contribution is 7.13. The van der Waals surface area contributed by atoms with Crippen molar-refractivity contribution in [3.8, 4) is 0 Å². The van der Waals surface area contributed by atoms with Crippen LogP contribution in [0.2, 0.25) is 0 Å². The van der Waals surface area contributed by atoms with E-state index in [0.29, 0.717) is 5.13 Å². The van der Waals surface area contributed by atoms with Crippen molar-refractivity contribution in [1.29, 1.82) is 0 Å². The van der Waals surface area contributed by atoms with Crippen molar-refractivity contribution in [1.82, 2.24) is 10.3 Å². The average Bonchev–Trinajstić information content (AvgIpc) is 3.12. The van der Waals surface area contributed by atoms with Crippen LogP contribution in [0.15, 0.2) is 66.0 Å². The molecule has 5 nitrogen and oxygen atoms in total. The number of hydrogen-bond acceptors (Lipinski definition) is 4. The summed E-state index contributed by atoms with van der Waals surface area (Å²) >= 11 is 1.37. The maximum absolute atomic E-state index is 13.3. The monoisotopic (exact) mass is 407 g/mol. The average molecular weight is 408 g/mol. The van der Waals surface area contributed by atoms with Gasteiger partial charge in [-0.3, -0.25) is 9.59 Å². The first kappa shape index (κ1) is 20.7. The lowest BCUT2D eigenvalue weighted by atomic mass is 9.89. The zero-order chi connectivity index (χ0) is 20.8. The second kappa shape index (κ2) is 9.47. The first-order valence-electron chi connectivity index (χ1n) is 9.59. The van der Waals surface area contributed by atoms with Crippen LogP contribution in [0.5, 0.6) is 0 Å². The van der Waals surface area contributed by atoms with Crippen LogP contribution in [-0.2, 0) is 9.59 Å². The van der Waals surface area contributed by atoms with Gasteiger partial charge in [0.1, 0.15) is 6.04 Å². The molecule has 29 heavy (non-hydrogen) atoms. The Hall–Kier alpha value is -2.99. The highest BCUT2D eigenvalue weighted by atomic mass is 32.1. The summed E-state index contributed by atoms with van der Waals surface area (Å²) in [5.41, 5.74) is 2.62. The summed E-state index contributed by atoms with van der Waals surface area (Å²) in [5, 5.41) is 8.20. The minimum atomic E-state index is -0.665. The quantitative estimate of drug-likeness (QED) is 0.611. The van der Waals surface area contributed by atoms with Crippen molar-refractivity contribution < 1.29 is 9.59 Å². The third-order valence-electron chi connectivity index (χ3n) is 4.62. The van der Waals surface area contributed by atoms with Gasteiger partial charge in [0.2, 0.25) is 11.8 Å². The van der Waals surface area contributed by atoms with Gasteiger partial charge in [0.05, 0.1) is 11.6 Å². The van der Waals surface area contributed by atoms with Crippen LogP contribution in [0.25, 0.3) is 0 Å². The van der Waals surface area contributed by atoms with Crippen molar-refractivity contribution >= 4 is 28.3 Å². The summed E-state index contributed by atoms with van der Waals surface area (Å²) in [6.45, 7) is 5.70. The molecule has 0 unspecified atom stereocenters. The predicted molar refractivity (Wildman–Crippen MR) is 117 cm³/mol. The van der Waals surface area contributed by atoms with E-state index in [1.165, 1.54) is 11.3 Å². The first-order valence-corrected chi connectivity index (χ1v) is 10.5. The zero-order valence-electron chi connectivity index (χ0n) is 16.8. The fraction of sp³-hybridized carbons (Fsp3) is 0.261. The Labute approximate surface area is 175 Å². The minimum Gasteiger partial charge on any atom is -0.343 e. The van der Waals surface area contributed by atoms with Gasteiger partial charge in [0.25, 0.3) is 0 Å². The van der Waals surface area contributed by atoms with Crippen molar-refractivity contribution in [3.05, 3.63) is 82.9 Å². The van der Waals surface area contributed by atoms with Crippen molar-refractivity contribution in [2.45, 2.75) is 32.7 Å². The van der Waals surface area contributed by atoms with E-state index in [4.69, 9.17) is 0 Å². The van der Waals surface area contributed by atoms with Crippen LogP contribution in [0.4, 0.5) is 5.13 Å². The summed E-state index contributed by atoms with van der Waals surface area (Å²) in [6, 6.07) is 18.5. The van der Waals surface area contributed by atoms with E-state index < -0.39 is 12.0 Å². The van der Waals surface area contributed by atoms with Gasteiger partial charge in [-0.2, -0.15) is 0 Å². The van der Waals surface area contributed by atoms with Crippen LogP contribution < -0.4 is 10.6 Å². The molecule has 0 fully saturated rings. The van der Waals surface area contributed by atoms with Crippen LogP contribution in [0.3, 0.4) is 0 Å². The van der Waals surface area contributed by atoms with Gasteiger partial charge in [-0.25, -0.2) is 4.98 Å². The maximum Gasteiger partial charge on any atom is 0.248 e. The van der Waals surface area contributed by atoms with Gasteiger partial charge in [0, 0.05) is 5.38 Å². The van der Waals surface area contributed by atoms with E-state index in [2.05, 4.69) is 15.6 Å². The number of amides is 2. The summed E-state index contributed by atoms with van der Waals surface area (Å²) in [6.07, 6.45) is 0. The fourth-order valence-corrected chi connectivity index (χ4v) is 3.84. The Morgan fingerprint density at radius 1 is 0.897 bits per heavy atom. The molecule has 0 radical (unpaired) electrons. The molecule has 6 heteroatoms. The predicted octanol–water partition coefficient (Wildman–Crippen LogP) is 4.36. The molecule has 0 aliphatic carbocycles. The van der Waals surface area contributed by atoms with E-state index in [0.717, 1.165) is 16.8 Å². The molecule has 2 N–H and O–H groups in total. The lowest BCUT2D eigenvalue weighted by Gasteiger charge is -2.25. The number of hydrogen-bond donors (Lipinski definition) is 2. The van der Waals surface area contributed by atoms with E-state index in [1.807, 2.05) is 86.8 Å². The molecule has 1 aromatic heterocycles. The van der Waals surface area contributed by atoms with Crippen LogP contribution in [0.1, 0.15) is 36.6 Å². The van der Waals surface area contributed by atoms with Crippen molar-refractivity contribution in [2.75, 3.05) is 5.32 Å². The Kier molecular flexibility index (Phi) is 6.77. The SMILES string of the molecule is Cc1csc(NC(=O)[C@@H](NC(=O)C(c2ccccc2)c2ccccc2)C(C)C)n1. The molecule has 3 rings (SSSR count). The highest BCUT2D eigenvalue weighted by Gasteiger charge is 2.30. The lowest BCUT2D eigenvalue weighted by Crippen LogP contribution is -2.48. The van der Waals surface area contributed by atoms with Gasteiger partial charge in [-0.05, 0) is 24.0 Å². The van der Waals surface area contributed by atoms with Gasteiger partial charge in [0.15, 0.2) is 5.13 Å². The maximum atomic E-state index is 13.3. The number of carbonyl (C=O) groups is 2. The Morgan fingerprint density at radius 3 is 1.90 bits per heavy atom. The number of benzene rings is 2. The molecule has 3 aromatic rings. The normalized spacial score (nSPS) is 12.0. The topological polar surface area (TPSA) is 71.1 Å². The first-order chi connectivity index (χ1) is 14.0. The van der Waals surface area contributed by atoms with Crippen molar-refractivity contribution in [2.24, 2.45) is 5.92 Å². The van der Waals surface area contributed by atoms with E-state index in [-0.39, 0.29) is 17.7 Å². The number of rotatable bonds is 7. The van der Waals surface area contributed by atoms with Gasteiger partial charge in [-0.15, -0.1) is 11.3 Å². The third kappa shape index (κ3) is 5.29. The van der Waals surface area contributed by atoms with Crippen LogP contribution >= 0.6 is 11.3 Å². The zero-order valence-corrected chi connectivity index (χ0v) is 17.6. The minimum absolute atomic E-state index is 0.0767. The molecule has 0 aliphatic rings. The summed E-state index contributed by atoms with van der Waals surface area (Å²) in [5.74, 6) is -1.03. The molecule has 0 saturated carbocycles. The summed E-state index contributed by atoms with van der Waals surface area (Å²) < 4.78 is 0. The molecule has 0 spiro atoms. The molecular weight excluding hydrogens is 382 g/mol. The number of nitrogens with one attached hydrogen (secondary N) is 2. The van der Waals surface area contributed by atoms with E-state index in [1.54, 1.807) is 0 Å². The van der Waals surface area contributed by atoms with E-state index in [9.17, 15) is 9.59 Å². The second-order valence-corrected chi connectivity index (χ2v) is 8.13. The van der Waals surface area contributed by atoms with E-state index >= 15 is 0 Å². The Bertz CT molecular complexity index is 915. The molecule has 1 heterocycles. The van der Waals surface area contributed by atoms with Crippen LogP contribution in [-0.4, -0.2) is 22.8 Å². The number of anilines is 1.